The molecule has 1 saturated carbocycles. The highest BCUT2D eigenvalue weighted by Gasteiger charge is 2.54. The number of nitriles is 1. The van der Waals surface area contributed by atoms with Crippen molar-refractivity contribution in [3.63, 3.8) is 0 Å². The molecular formula is C13H23NO3. The first-order chi connectivity index (χ1) is 7.93. The van der Waals surface area contributed by atoms with Gasteiger partial charge < -0.3 is 14.6 Å². The minimum atomic E-state index is -1.29. The lowest BCUT2D eigenvalue weighted by molar-refractivity contribution is -0.246. The van der Waals surface area contributed by atoms with Crippen molar-refractivity contribution in [3.8, 4) is 6.07 Å². The van der Waals surface area contributed by atoms with Crippen LogP contribution in [0, 0.1) is 22.7 Å². The van der Waals surface area contributed by atoms with E-state index in [0.29, 0.717) is 18.8 Å². The topological polar surface area (TPSA) is 62.5 Å². The number of rotatable bonds is 4. The lowest BCUT2D eigenvalue weighted by Crippen LogP contribution is -2.56. The Balaban J connectivity index is 2.96. The van der Waals surface area contributed by atoms with Gasteiger partial charge in [-0.2, -0.15) is 5.26 Å². The first kappa shape index (κ1) is 14.4. The van der Waals surface area contributed by atoms with Crippen LogP contribution in [-0.4, -0.2) is 31.2 Å². The Morgan fingerprint density at radius 2 is 1.82 bits per heavy atom. The predicted octanol–water partition coefficient (Wildman–Crippen LogP) is 2.08. The maximum absolute atomic E-state index is 10.7. The van der Waals surface area contributed by atoms with Gasteiger partial charge in [-0.15, -0.1) is 0 Å². The van der Waals surface area contributed by atoms with Gasteiger partial charge in [-0.3, -0.25) is 0 Å². The van der Waals surface area contributed by atoms with Crippen LogP contribution in [0.5, 0.6) is 0 Å². The van der Waals surface area contributed by atoms with Gasteiger partial charge in [0.15, 0.2) is 6.29 Å². The van der Waals surface area contributed by atoms with Gasteiger partial charge in [0.1, 0.15) is 5.60 Å². The van der Waals surface area contributed by atoms with Crippen LogP contribution < -0.4 is 0 Å². The van der Waals surface area contributed by atoms with E-state index < -0.39 is 17.3 Å². The molecular weight excluding hydrogens is 218 g/mol. The molecule has 1 atom stereocenters. The first-order valence-electron chi connectivity index (χ1n) is 6.12. The molecule has 17 heavy (non-hydrogen) atoms. The minimum absolute atomic E-state index is 0.621. The van der Waals surface area contributed by atoms with Gasteiger partial charge in [0.25, 0.3) is 0 Å². The molecule has 1 rings (SSSR count). The first-order valence-corrected chi connectivity index (χ1v) is 6.12. The minimum Gasteiger partial charge on any atom is -0.383 e. The fourth-order valence-electron chi connectivity index (χ4n) is 2.77. The molecule has 0 bridgehead atoms. The maximum Gasteiger partial charge on any atom is 0.186 e. The molecule has 1 aliphatic carbocycles. The van der Waals surface area contributed by atoms with E-state index in [1.807, 2.05) is 0 Å². The number of hydrogen-bond acceptors (Lipinski definition) is 4. The van der Waals surface area contributed by atoms with E-state index in [9.17, 15) is 10.4 Å². The van der Waals surface area contributed by atoms with E-state index in [0.717, 1.165) is 12.8 Å². The van der Waals surface area contributed by atoms with Crippen LogP contribution in [0.25, 0.3) is 0 Å². The molecule has 0 radical (unpaired) electrons. The molecule has 1 N–H and O–H groups in total. The molecule has 0 amide bonds. The van der Waals surface area contributed by atoms with E-state index in [2.05, 4.69) is 13.0 Å². The standard InChI is InChI=1S/C13H23NO3/c1-10-5-7-13(9-14,8-6-10)12(2,15)11(16-3)17-4/h10-11,15H,5-8H2,1-4H3. The summed E-state index contributed by atoms with van der Waals surface area (Å²) in [6, 6.07) is 2.32. The number of methoxy groups -OCH3 is 2. The molecule has 0 aromatic heterocycles. The van der Waals surface area contributed by atoms with Gasteiger partial charge in [-0.05, 0) is 38.5 Å². The summed E-state index contributed by atoms with van der Waals surface area (Å²) in [5.74, 6) is 0.621. The van der Waals surface area contributed by atoms with Crippen molar-refractivity contribution in [2.45, 2.75) is 51.4 Å². The zero-order valence-electron chi connectivity index (χ0n) is 11.2. The summed E-state index contributed by atoms with van der Waals surface area (Å²) in [7, 11) is 2.97. The zero-order valence-corrected chi connectivity index (χ0v) is 11.2. The Morgan fingerprint density at radius 1 is 1.35 bits per heavy atom. The van der Waals surface area contributed by atoms with Gasteiger partial charge in [0.05, 0.1) is 11.5 Å². The molecule has 0 heterocycles. The highest BCUT2D eigenvalue weighted by Crippen LogP contribution is 2.47. The van der Waals surface area contributed by atoms with Gasteiger partial charge in [-0.25, -0.2) is 0 Å². The second-order valence-corrected chi connectivity index (χ2v) is 5.33. The number of ether oxygens (including phenoxy) is 2. The molecule has 0 aromatic carbocycles. The van der Waals surface area contributed by atoms with Crippen LogP contribution in [-0.2, 0) is 9.47 Å². The number of nitrogens with zero attached hydrogens (tertiary/aromatic N) is 1. The molecule has 4 nitrogen and oxygen atoms in total. The fraction of sp³-hybridized carbons (Fsp3) is 0.923. The predicted molar refractivity (Wildman–Crippen MR) is 64.1 cm³/mol. The van der Waals surface area contributed by atoms with Gasteiger partial charge in [0, 0.05) is 14.2 Å². The highest BCUT2D eigenvalue weighted by molar-refractivity contribution is 5.12. The van der Waals surface area contributed by atoms with Gasteiger partial charge in [0.2, 0.25) is 0 Å². The lowest BCUT2D eigenvalue weighted by atomic mass is 9.62. The average Bonchev–Trinajstić information content (AvgIpc) is 2.31. The van der Waals surface area contributed by atoms with Crippen molar-refractivity contribution in [3.05, 3.63) is 0 Å². The lowest BCUT2D eigenvalue weighted by Gasteiger charge is -2.46. The third-order valence-corrected chi connectivity index (χ3v) is 4.20. The van der Waals surface area contributed by atoms with E-state index >= 15 is 0 Å². The van der Waals surface area contributed by atoms with E-state index in [4.69, 9.17) is 9.47 Å². The molecule has 0 spiro atoms. The molecule has 1 fully saturated rings. The van der Waals surface area contributed by atoms with Crippen molar-refractivity contribution in [1.82, 2.24) is 0 Å². The van der Waals surface area contributed by atoms with Crippen LogP contribution in [0.3, 0.4) is 0 Å². The molecule has 98 valence electrons. The highest BCUT2D eigenvalue weighted by atomic mass is 16.7. The smallest absolute Gasteiger partial charge is 0.186 e. The summed E-state index contributed by atoms with van der Waals surface area (Å²) < 4.78 is 10.3. The van der Waals surface area contributed by atoms with Crippen LogP contribution >= 0.6 is 0 Å². The van der Waals surface area contributed by atoms with Crippen LogP contribution in [0.2, 0.25) is 0 Å². The summed E-state index contributed by atoms with van der Waals surface area (Å²) in [6.07, 6.45) is 2.55. The van der Waals surface area contributed by atoms with E-state index in [1.54, 1.807) is 6.92 Å². The number of aliphatic hydroxyl groups is 1. The van der Waals surface area contributed by atoms with Crippen LogP contribution in [0.4, 0.5) is 0 Å². The fourth-order valence-corrected chi connectivity index (χ4v) is 2.77. The van der Waals surface area contributed by atoms with Crippen LogP contribution in [0.15, 0.2) is 0 Å². The van der Waals surface area contributed by atoms with Crippen molar-refractivity contribution in [1.29, 1.82) is 5.26 Å². The van der Waals surface area contributed by atoms with Crippen molar-refractivity contribution in [2.24, 2.45) is 11.3 Å². The third kappa shape index (κ3) is 2.47. The summed E-state index contributed by atoms with van der Waals surface area (Å²) in [5.41, 5.74) is -2.05. The Kier molecular flexibility index (Phi) is 4.54. The number of hydrogen-bond donors (Lipinski definition) is 1. The SMILES string of the molecule is COC(OC)C(C)(O)C1(C#N)CCC(C)CC1. The van der Waals surface area contributed by atoms with Crippen molar-refractivity contribution in [2.75, 3.05) is 14.2 Å². The molecule has 1 aliphatic rings. The van der Waals surface area contributed by atoms with Gasteiger partial charge >= 0.3 is 0 Å². The summed E-state index contributed by atoms with van der Waals surface area (Å²) in [4.78, 5) is 0. The summed E-state index contributed by atoms with van der Waals surface area (Å²) >= 11 is 0. The van der Waals surface area contributed by atoms with E-state index in [1.165, 1.54) is 14.2 Å². The van der Waals surface area contributed by atoms with Gasteiger partial charge in [-0.1, -0.05) is 6.92 Å². The summed E-state index contributed by atoms with van der Waals surface area (Å²) in [6.45, 7) is 3.82. The molecule has 0 saturated heterocycles. The van der Waals surface area contributed by atoms with E-state index in [-0.39, 0.29) is 0 Å². The Labute approximate surface area is 104 Å². The largest absolute Gasteiger partial charge is 0.383 e. The average molecular weight is 241 g/mol. The van der Waals surface area contributed by atoms with Crippen LogP contribution in [0.1, 0.15) is 39.5 Å². The molecule has 0 aliphatic heterocycles. The maximum atomic E-state index is 10.7. The van der Waals surface area contributed by atoms with Crippen molar-refractivity contribution < 1.29 is 14.6 Å². The second kappa shape index (κ2) is 5.34. The monoisotopic (exact) mass is 241 g/mol. The summed E-state index contributed by atoms with van der Waals surface area (Å²) in [5, 5.41) is 20.1. The Hall–Kier alpha value is -0.630. The second-order valence-electron chi connectivity index (χ2n) is 5.33. The molecule has 1 unspecified atom stereocenters. The molecule has 4 heteroatoms. The zero-order chi connectivity index (χ0) is 13.1. The van der Waals surface area contributed by atoms with Crippen molar-refractivity contribution >= 4 is 0 Å². The third-order valence-electron chi connectivity index (χ3n) is 4.20. The quantitative estimate of drug-likeness (QED) is 0.765. The Bertz CT molecular complexity index is 284. The Morgan fingerprint density at radius 3 is 2.18 bits per heavy atom. The molecule has 0 aromatic rings. The normalized spacial score (nSPS) is 33.1.